The lowest BCUT2D eigenvalue weighted by Gasteiger charge is -2.40. The average molecular weight is 418 g/mol. The van der Waals surface area contributed by atoms with Gasteiger partial charge >= 0.3 is 0 Å². The van der Waals surface area contributed by atoms with E-state index < -0.39 is 0 Å². The van der Waals surface area contributed by atoms with Gasteiger partial charge in [-0.3, -0.25) is 4.79 Å². The van der Waals surface area contributed by atoms with Crippen LogP contribution in [0.2, 0.25) is 0 Å². The zero-order valence-corrected chi connectivity index (χ0v) is 17.8. The first-order valence-electron chi connectivity index (χ1n) is 10.4. The number of ether oxygens (including phenoxy) is 2. The van der Waals surface area contributed by atoms with Gasteiger partial charge in [0.25, 0.3) is 5.91 Å². The third kappa shape index (κ3) is 5.12. The Hall–Kier alpha value is -3.61. The molecule has 0 spiro atoms. The second-order valence-corrected chi connectivity index (χ2v) is 7.57. The van der Waals surface area contributed by atoms with Crippen LogP contribution in [-0.4, -0.2) is 53.1 Å². The number of anilines is 1. The molecule has 0 unspecified atom stereocenters. The van der Waals surface area contributed by atoms with E-state index in [9.17, 15) is 4.79 Å². The number of hydrogen-bond acceptors (Lipinski definition) is 6. The molecule has 0 radical (unpaired) electrons. The Balaban J connectivity index is 1.36. The molecule has 7 heteroatoms. The van der Waals surface area contributed by atoms with Crippen molar-refractivity contribution in [2.75, 3.05) is 31.1 Å². The van der Waals surface area contributed by atoms with Gasteiger partial charge < -0.3 is 19.3 Å². The van der Waals surface area contributed by atoms with Crippen LogP contribution < -0.4 is 14.4 Å². The predicted octanol–water partition coefficient (Wildman–Crippen LogP) is 3.69. The normalized spacial score (nSPS) is 16.1. The Morgan fingerprint density at radius 3 is 2.61 bits per heavy atom. The number of rotatable bonds is 6. The smallest absolute Gasteiger partial charge is 0.260 e. The highest BCUT2D eigenvalue weighted by molar-refractivity contribution is 5.78. The summed E-state index contributed by atoms with van der Waals surface area (Å²) in [7, 11) is 0. The topological polar surface area (TPSA) is 67.8 Å². The maximum Gasteiger partial charge on any atom is 0.260 e. The lowest BCUT2D eigenvalue weighted by molar-refractivity contribution is -0.135. The van der Waals surface area contributed by atoms with Crippen molar-refractivity contribution < 1.29 is 14.3 Å². The molecule has 1 amide bonds. The number of aromatic nitrogens is 2. The summed E-state index contributed by atoms with van der Waals surface area (Å²) in [5, 5.41) is 0. The molecule has 2 aromatic carbocycles. The number of para-hydroxylation sites is 2. The molecule has 160 valence electrons. The maximum atomic E-state index is 12.7. The van der Waals surface area contributed by atoms with Crippen molar-refractivity contribution in [3.05, 3.63) is 72.6 Å². The fraction of sp³-hybridized carbons (Fsp3) is 0.292. The third-order valence-corrected chi connectivity index (χ3v) is 5.31. The molecule has 0 aliphatic carbocycles. The molecule has 0 saturated carbocycles. The fourth-order valence-electron chi connectivity index (χ4n) is 3.62. The molecule has 31 heavy (non-hydrogen) atoms. The van der Waals surface area contributed by atoms with Crippen molar-refractivity contribution in [2.24, 2.45) is 0 Å². The minimum absolute atomic E-state index is 0.0118. The maximum absolute atomic E-state index is 12.7. The highest BCUT2D eigenvalue weighted by Crippen LogP contribution is 2.26. The number of amides is 1. The van der Waals surface area contributed by atoms with Gasteiger partial charge in [0, 0.05) is 31.7 Å². The molecule has 2 heterocycles. The fourth-order valence-corrected chi connectivity index (χ4v) is 3.62. The number of piperazine rings is 1. The molecule has 0 bridgehead atoms. The van der Waals surface area contributed by atoms with Crippen molar-refractivity contribution in [3.63, 3.8) is 0 Å². The Morgan fingerprint density at radius 1 is 1.06 bits per heavy atom. The van der Waals surface area contributed by atoms with E-state index in [1.165, 1.54) is 6.33 Å². The van der Waals surface area contributed by atoms with Crippen LogP contribution in [0.3, 0.4) is 0 Å². The zero-order chi connectivity index (χ0) is 21.6. The van der Waals surface area contributed by atoms with Crippen LogP contribution in [0, 0.1) is 6.92 Å². The van der Waals surface area contributed by atoms with E-state index in [0.29, 0.717) is 31.3 Å². The van der Waals surface area contributed by atoms with Crippen LogP contribution in [0.4, 0.5) is 5.82 Å². The summed E-state index contributed by atoms with van der Waals surface area (Å²) in [4.78, 5) is 25.3. The quantitative estimate of drug-likeness (QED) is 0.608. The van der Waals surface area contributed by atoms with Crippen LogP contribution in [0.25, 0.3) is 0 Å². The van der Waals surface area contributed by atoms with E-state index in [1.54, 1.807) is 0 Å². The molecule has 1 saturated heterocycles. The molecule has 1 atom stereocenters. The van der Waals surface area contributed by atoms with E-state index >= 15 is 0 Å². The molecule has 0 N–H and O–H groups in total. The van der Waals surface area contributed by atoms with Crippen molar-refractivity contribution in [1.29, 1.82) is 0 Å². The van der Waals surface area contributed by atoms with Crippen molar-refractivity contribution >= 4 is 11.7 Å². The van der Waals surface area contributed by atoms with E-state index in [0.717, 1.165) is 17.1 Å². The molecular weight excluding hydrogens is 392 g/mol. The Bertz CT molecular complexity index is 1030. The Labute approximate surface area is 182 Å². The average Bonchev–Trinajstić information content (AvgIpc) is 2.80. The summed E-state index contributed by atoms with van der Waals surface area (Å²) in [6.07, 6.45) is 1.51. The third-order valence-electron chi connectivity index (χ3n) is 5.31. The first-order chi connectivity index (χ1) is 15.1. The monoisotopic (exact) mass is 418 g/mol. The number of benzene rings is 2. The lowest BCUT2D eigenvalue weighted by Crippen LogP contribution is -2.55. The summed E-state index contributed by atoms with van der Waals surface area (Å²) < 4.78 is 11.6. The minimum atomic E-state index is -0.0118. The molecule has 1 aliphatic rings. The zero-order valence-electron chi connectivity index (χ0n) is 17.8. The van der Waals surface area contributed by atoms with Gasteiger partial charge in [-0.25, -0.2) is 9.97 Å². The standard InChI is InChI=1S/C24H26N4O3/c1-18-8-6-7-11-21(18)31-23-14-22(25-17-26-23)27-12-13-28(19(2)15-27)24(29)16-30-20-9-4-3-5-10-20/h3-11,14,17,19H,12-13,15-16H2,1-2H3/t19-/m0/s1. The summed E-state index contributed by atoms with van der Waals surface area (Å²) in [5.41, 5.74) is 1.04. The summed E-state index contributed by atoms with van der Waals surface area (Å²) in [5.74, 6) is 2.75. The van der Waals surface area contributed by atoms with Crippen LogP contribution in [0.1, 0.15) is 12.5 Å². The number of carbonyl (C=O) groups is 1. The molecule has 1 fully saturated rings. The number of nitrogens with zero attached hydrogens (tertiary/aromatic N) is 4. The number of hydrogen-bond donors (Lipinski definition) is 0. The largest absolute Gasteiger partial charge is 0.484 e. The van der Waals surface area contributed by atoms with Crippen LogP contribution in [0.15, 0.2) is 67.0 Å². The number of carbonyl (C=O) groups excluding carboxylic acids is 1. The molecule has 3 aromatic rings. The van der Waals surface area contributed by atoms with E-state index in [-0.39, 0.29) is 18.6 Å². The molecule has 7 nitrogen and oxygen atoms in total. The molecule has 1 aliphatic heterocycles. The van der Waals surface area contributed by atoms with Crippen molar-refractivity contribution in [2.45, 2.75) is 19.9 Å². The van der Waals surface area contributed by atoms with Gasteiger partial charge in [-0.1, -0.05) is 36.4 Å². The predicted molar refractivity (Wildman–Crippen MR) is 119 cm³/mol. The van der Waals surface area contributed by atoms with Gasteiger partial charge in [0.2, 0.25) is 5.88 Å². The van der Waals surface area contributed by atoms with E-state index in [2.05, 4.69) is 14.9 Å². The second kappa shape index (κ2) is 9.47. The number of aryl methyl sites for hydroxylation is 1. The van der Waals surface area contributed by atoms with Gasteiger partial charge in [-0.15, -0.1) is 0 Å². The van der Waals surface area contributed by atoms with Crippen molar-refractivity contribution in [3.8, 4) is 17.4 Å². The first-order valence-corrected chi connectivity index (χ1v) is 10.4. The van der Waals surface area contributed by atoms with E-state index in [4.69, 9.17) is 9.47 Å². The van der Waals surface area contributed by atoms with Crippen LogP contribution >= 0.6 is 0 Å². The highest BCUT2D eigenvalue weighted by atomic mass is 16.5. The molecular formula is C24H26N4O3. The summed E-state index contributed by atoms with van der Waals surface area (Å²) in [6, 6.07) is 19.1. The van der Waals surface area contributed by atoms with Gasteiger partial charge in [0.1, 0.15) is 23.6 Å². The van der Waals surface area contributed by atoms with Gasteiger partial charge in [-0.2, -0.15) is 0 Å². The minimum Gasteiger partial charge on any atom is -0.484 e. The van der Waals surface area contributed by atoms with Crippen LogP contribution in [0.5, 0.6) is 17.4 Å². The van der Waals surface area contributed by atoms with E-state index in [1.807, 2.05) is 79.4 Å². The lowest BCUT2D eigenvalue weighted by atomic mass is 10.2. The Kier molecular flexibility index (Phi) is 6.31. The van der Waals surface area contributed by atoms with Gasteiger partial charge in [0.05, 0.1) is 0 Å². The van der Waals surface area contributed by atoms with Crippen molar-refractivity contribution in [1.82, 2.24) is 14.9 Å². The van der Waals surface area contributed by atoms with Crippen LogP contribution in [-0.2, 0) is 4.79 Å². The highest BCUT2D eigenvalue weighted by Gasteiger charge is 2.28. The summed E-state index contributed by atoms with van der Waals surface area (Å²) in [6.45, 7) is 6.04. The Morgan fingerprint density at radius 2 is 1.84 bits per heavy atom. The van der Waals surface area contributed by atoms with Gasteiger partial charge in [-0.05, 0) is 37.6 Å². The summed E-state index contributed by atoms with van der Waals surface area (Å²) >= 11 is 0. The van der Waals surface area contributed by atoms with Gasteiger partial charge in [0.15, 0.2) is 6.61 Å². The molecule has 4 rings (SSSR count). The molecule has 1 aromatic heterocycles. The first kappa shape index (κ1) is 20.7. The SMILES string of the molecule is Cc1ccccc1Oc1cc(N2CCN(C(=O)COc3ccccc3)[C@@H](C)C2)ncn1. The second-order valence-electron chi connectivity index (χ2n) is 7.57.